The molecule has 6 rings (SSSR count). The Morgan fingerprint density at radius 2 is 2.00 bits per heavy atom. The molecule has 29 heavy (non-hydrogen) atoms. The summed E-state index contributed by atoms with van der Waals surface area (Å²) >= 11 is 0. The third-order valence-corrected chi connectivity index (χ3v) is 7.93. The Morgan fingerprint density at radius 1 is 1.24 bits per heavy atom. The second-order valence-electron chi connectivity index (χ2n) is 9.56. The molecule has 6 nitrogen and oxygen atoms in total. The fourth-order valence-electron chi connectivity index (χ4n) is 6.14. The number of amides is 2. The molecule has 2 aliphatic heterocycles. The van der Waals surface area contributed by atoms with E-state index in [-0.39, 0.29) is 23.2 Å². The fourth-order valence-corrected chi connectivity index (χ4v) is 6.14. The van der Waals surface area contributed by atoms with Gasteiger partial charge in [0.1, 0.15) is 5.75 Å². The number of nitrogens with one attached hydrogen (secondary N) is 1. The van der Waals surface area contributed by atoms with Gasteiger partial charge in [0.2, 0.25) is 5.91 Å². The molecule has 0 radical (unpaired) electrons. The molecular formula is C23H31N3O3. The number of fused-ring (bicyclic) bond motifs is 3. The predicted octanol–water partition coefficient (Wildman–Crippen LogP) is 2.50. The zero-order valence-electron chi connectivity index (χ0n) is 17.4. The quantitative estimate of drug-likeness (QED) is 0.833. The lowest BCUT2D eigenvalue weighted by Gasteiger charge is -2.60. The van der Waals surface area contributed by atoms with Crippen molar-refractivity contribution < 1.29 is 14.3 Å². The van der Waals surface area contributed by atoms with Crippen LogP contribution in [0.25, 0.3) is 0 Å². The summed E-state index contributed by atoms with van der Waals surface area (Å²) in [4.78, 5) is 30.7. The number of piperazine rings is 1. The molecule has 6 heteroatoms. The van der Waals surface area contributed by atoms with Crippen molar-refractivity contribution in [2.24, 2.45) is 17.3 Å². The van der Waals surface area contributed by atoms with Crippen LogP contribution in [0.4, 0.5) is 0 Å². The van der Waals surface area contributed by atoms with E-state index < -0.39 is 5.72 Å². The molecule has 5 aliphatic rings. The summed E-state index contributed by atoms with van der Waals surface area (Å²) in [6.07, 6.45) is 3.51. The number of ether oxygens (including phenoxy) is 1. The molecule has 0 aromatic heterocycles. The lowest BCUT2D eigenvalue weighted by atomic mass is 9.52. The molecule has 1 N–H and O–H groups in total. The number of hydrogen-bond donors (Lipinski definition) is 1. The van der Waals surface area contributed by atoms with Crippen molar-refractivity contribution in [2.45, 2.75) is 45.3 Å². The molecule has 3 aliphatic carbocycles. The molecule has 4 fully saturated rings. The van der Waals surface area contributed by atoms with Crippen LogP contribution in [0.3, 0.4) is 0 Å². The second-order valence-corrected chi connectivity index (χ2v) is 9.56. The Bertz CT molecular complexity index is 834. The number of nitrogens with zero attached hydrogens (tertiary/aromatic N) is 2. The number of hydrogen-bond acceptors (Lipinski definition) is 4. The molecule has 2 heterocycles. The SMILES string of the molecule is CCN1CCN(C(=O)[C@H]2C[C@@H]3CC[C@]2(C)C[C@@]32NC(=O)c3ccccc3O2)CC1. The molecule has 1 saturated heterocycles. The van der Waals surface area contributed by atoms with Gasteiger partial charge in [0.15, 0.2) is 5.72 Å². The first-order valence-corrected chi connectivity index (χ1v) is 11.1. The standard InChI is InChI=1S/C23H31N3O3/c1-3-25-10-12-26(13-11-25)21(28)18-14-16-8-9-22(18,2)15-23(16)24-20(27)17-6-4-5-7-19(17)29-23/h4-7,16,18H,3,8-15H2,1-2H3,(H,24,27)/t16-,18+,22+,23-/m0/s1. The Kier molecular flexibility index (Phi) is 4.39. The summed E-state index contributed by atoms with van der Waals surface area (Å²) in [5, 5.41) is 3.20. The number of benzene rings is 1. The third-order valence-electron chi connectivity index (χ3n) is 7.93. The Labute approximate surface area is 172 Å². The Balaban J connectivity index is 1.37. The summed E-state index contributed by atoms with van der Waals surface area (Å²) in [5.41, 5.74) is -0.213. The molecule has 2 amide bonds. The normalized spacial score (nSPS) is 36.5. The molecule has 1 aromatic carbocycles. The van der Waals surface area contributed by atoms with E-state index in [0.29, 0.717) is 23.6 Å². The Morgan fingerprint density at radius 3 is 2.72 bits per heavy atom. The molecule has 156 valence electrons. The van der Waals surface area contributed by atoms with E-state index in [9.17, 15) is 9.59 Å². The first-order chi connectivity index (χ1) is 13.9. The van der Waals surface area contributed by atoms with Crippen molar-refractivity contribution in [3.63, 3.8) is 0 Å². The van der Waals surface area contributed by atoms with E-state index in [2.05, 4.69) is 29.0 Å². The first-order valence-electron chi connectivity index (χ1n) is 11.1. The monoisotopic (exact) mass is 397 g/mol. The van der Waals surface area contributed by atoms with Gasteiger partial charge in [0, 0.05) is 44.4 Å². The van der Waals surface area contributed by atoms with Gasteiger partial charge in [-0.1, -0.05) is 26.0 Å². The first kappa shape index (κ1) is 18.9. The highest BCUT2D eigenvalue weighted by Crippen LogP contribution is 2.59. The van der Waals surface area contributed by atoms with Gasteiger partial charge in [-0.05, 0) is 43.4 Å². The smallest absolute Gasteiger partial charge is 0.258 e. The maximum absolute atomic E-state index is 13.5. The number of carbonyl (C=O) groups is 2. The summed E-state index contributed by atoms with van der Waals surface area (Å²) in [7, 11) is 0. The van der Waals surface area contributed by atoms with Crippen LogP contribution in [0, 0.1) is 17.3 Å². The van der Waals surface area contributed by atoms with E-state index in [1.807, 2.05) is 24.3 Å². The van der Waals surface area contributed by atoms with E-state index in [4.69, 9.17) is 4.74 Å². The molecule has 1 spiro atoms. The van der Waals surface area contributed by atoms with Crippen molar-refractivity contribution in [3.8, 4) is 5.75 Å². The van der Waals surface area contributed by atoms with E-state index in [1.54, 1.807) is 0 Å². The molecule has 3 saturated carbocycles. The van der Waals surface area contributed by atoms with Crippen LogP contribution in [-0.2, 0) is 4.79 Å². The molecule has 0 unspecified atom stereocenters. The van der Waals surface area contributed by atoms with Crippen LogP contribution in [-0.4, -0.2) is 60.1 Å². The van der Waals surface area contributed by atoms with Crippen LogP contribution in [0.15, 0.2) is 24.3 Å². The van der Waals surface area contributed by atoms with Crippen molar-refractivity contribution in [3.05, 3.63) is 29.8 Å². The number of likely N-dealkylation sites (N-methyl/N-ethyl adjacent to an activating group) is 1. The second kappa shape index (κ2) is 6.73. The van der Waals surface area contributed by atoms with Crippen LogP contribution < -0.4 is 10.1 Å². The van der Waals surface area contributed by atoms with Crippen molar-refractivity contribution >= 4 is 11.8 Å². The highest BCUT2D eigenvalue weighted by Gasteiger charge is 2.62. The van der Waals surface area contributed by atoms with E-state index in [0.717, 1.165) is 52.0 Å². The minimum Gasteiger partial charge on any atom is -0.467 e. The van der Waals surface area contributed by atoms with Crippen LogP contribution >= 0.6 is 0 Å². The topological polar surface area (TPSA) is 61.9 Å². The number of carbonyl (C=O) groups excluding carboxylic acids is 2. The molecule has 4 atom stereocenters. The summed E-state index contributed by atoms with van der Waals surface area (Å²) in [6, 6.07) is 7.47. The van der Waals surface area contributed by atoms with Gasteiger partial charge in [-0.25, -0.2) is 0 Å². The number of para-hydroxylation sites is 1. The van der Waals surface area contributed by atoms with Gasteiger partial charge in [-0.15, -0.1) is 0 Å². The van der Waals surface area contributed by atoms with Crippen molar-refractivity contribution in [1.82, 2.24) is 15.1 Å². The van der Waals surface area contributed by atoms with Crippen molar-refractivity contribution in [1.29, 1.82) is 0 Å². The van der Waals surface area contributed by atoms with Crippen LogP contribution in [0.1, 0.15) is 49.9 Å². The highest BCUT2D eigenvalue weighted by atomic mass is 16.5. The van der Waals surface area contributed by atoms with Crippen LogP contribution in [0.2, 0.25) is 0 Å². The average Bonchev–Trinajstić information content (AvgIpc) is 2.73. The third kappa shape index (κ3) is 2.95. The largest absolute Gasteiger partial charge is 0.467 e. The summed E-state index contributed by atoms with van der Waals surface area (Å²) in [6.45, 7) is 9.04. The van der Waals surface area contributed by atoms with Gasteiger partial charge in [0.25, 0.3) is 5.91 Å². The molecule has 1 aromatic rings. The fraction of sp³-hybridized carbons (Fsp3) is 0.652. The lowest BCUT2D eigenvalue weighted by molar-refractivity contribution is -0.175. The van der Waals surface area contributed by atoms with Gasteiger partial charge in [-0.3, -0.25) is 9.59 Å². The van der Waals surface area contributed by atoms with Crippen LogP contribution in [0.5, 0.6) is 5.75 Å². The van der Waals surface area contributed by atoms with E-state index >= 15 is 0 Å². The summed E-state index contributed by atoms with van der Waals surface area (Å²) < 4.78 is 6.47. The molecular weight excluding hydrogens is 366 g/mol. The molecule has 2 bridgehead atoms. The van der Waals surface area contributed by atoms with Crippen molar-refractivity contribution in [2.75, 3.05) is 32.7 Å². The summed E-state index contributed by atoms with van der Waals surface area (Å²) in [5.74, 6) is 1.13. The van der Waals surface area contributed by atoms with Gasteiger partial charge >= 0.3 is 0 Å². The highest BCUT2D eigenvalue weighted by molar-refractivity contribution is 5.98. The average molecular weight is 398 g/mol. The number of rotatable bonds is 2. The lowest BCUT2D eigenvalue weighted by Crippen LogP contribution is -2.69. The van der Waals surface area contributed by atoms with Gasteiger partial charge < -0.3 is 19.9 Å². The Hall–Kier alpha value is -2.08. The minimum absolute atomic E-state index is 0.0257. The van der Waals surface area contributed by atoms with Gasteiger partial charge in [0.05, 0.1) is 5.56 Å². The zero-order chi connectivity index (χ0) is 20.2. The zero-order valence-corrected chi connectivity index (χ0v) is 17.4. The minimum atomic E-state index is -0.671. The maximum atomic E-state index is 13.5. The predicted molar refractivity (Wildman–Crippen MR) is 110 cm³/mol. The van der Waals surface area contributed by atoms with Gasteiger partial charge in [-0.2, -0.15) is 0 Å². The maximum Gasteiger partial charge on any atom is 0.258 e. The van der Waals surface area contributed by atoms with E-state index in [1.165, 1.54) is 0 Å².